The van der Waals surface area contributed by atoms with Crippen molar-refractivity contribution >= 4 is 5.91 Å². The highest BCUT2D eigenvalue weighted by Crippen LogP contribution is 2.29. The van der Waals surface area contributed by atoms with E-state index in [1.54, 1.807) is 13.0 Å². The first-order chi connectivity index (χ1) is 9.81. The molecule has 0 radical (unpaired) electrons. The average Bonchev–Trinajstić information content (AvgIpc) is 2.38. The van der Waals surface area contributed by atoms with Gasteiger partial charge >= 0.3 is 0 Å². The standard InChI is InChI=1S/C17H27FN2O/c1-12(2)15(11-17(21)19-8-9-20(4)5)14-6-7-16(18)13(3)10-14/h6-7,10,12,15H,8-9,11H2,1-5H3,(H,19,21). The van der Waals surface area contributed by atoms with E-state index in [0.717, 1.165) is 12.1 Å². The lowest BCUT2D eigenvalue weighted by atomic mass is 9.85. The summed E-state index contributed by atoms with van der Waals surface area (Å²) < 4.78 is 13.4. The van der Waals surface area contributed by atoms with Gasteiger partial charge in [0.2, 0.25) is 5.91 Å². The molecule has 1 rings (SSSR count). The van der Waals surface area contributed by atoms with Crippen LogP contribution in [0.1, 0.15) is 37.3 Å². The van der Waals surface area contributed by atoms with Crippen LogP contribution in [0.4, 0.5) is 4.39 Å². The molecular weight excluding hydrogens is 267 g/mol. The van der Waals surface area contributed by atoms with Crippen molar-refractivity contribution < 1.29 is 9.18 Å². The largest absolute Gasteiger partial charge is 0.355 e. The van der Waals surface area contributed by atoms with Crippen LogP contribution in [0.2, 0.25) is 0 Å². The predicted molar refractivity (Wildman–Crippen MR) is 84.9 cm³/mol. The van der Waals surface area contributed by atoms with Gasteiger partial charge in [-0.15, -0.1) is 0 Å². The van der Waals surface area contributed by atoms with Crippen molar-refractivity contribution in [2.24, 2.45) is 5.92 Å². The molecule has 0 bridgehead atoms. The fourth-order valence-electron chi connectivity index (χ4n) is 2.33. The zero-order valence-electron chi connectivity index (χ0n) is 13.7. The highest BCUT2D eigenvalue weighted by Gasteiger charge is 2.20. The summed E-state index contributed by atoms with van der Waals surface area (Å²) in [5.74, 6) is 0.298. The first kappa shape index (κ1) is 17.6. The van der Waals surface area contributed by atoms with Gasteiger partial charge in [0.25, 0.3) is 0 Å². The third-order valence-corrected chi connectivity index (χ3v) is 3.70. The number of amides is 1. The van der Waals surface area contributed by atoms with E-state index < -0.39 is 0 Å². The minimum absolute atomic E-state index is 0.0533. The van der Waals surface area contributed by atoms with Gasteiger partial charge in [-0.3, -0.25) is 4.79 Å². The van der Waals surface area contributed by atoms with Crippen molar-refractivity contribution in [3.63, 3.8) is 0 Å². The molecule has 0 aromatic heterocycles. The Morgan fingerprint density at radius 2 is 2.00 bits per heavy atom. The Balaban J connectivity index is 2.69. The number of benzene rings is 1. The summed E-state index contributed by atoms with van der Waals surface area (Å²) in [5, 5.41) is 2.94. The number of hydrogen-bond donors (Lipinski definition) is 1. The monoisotopic (exact) mass is 294 g/mol. The molecule has 118 valence electrons. The normalized spacial score (nSPS) is 12.8. The van der Waals surface area contributed by atoms with Crippen LogP contribution in [0.15, 0.2) is 18.2 Å². The molecule has 0 saturated heterocycles. The van der Waals surface area contributed by atoms with Crippen LogP contribution >= 0.6 is 0 Å². The summed E-state index contributed by atoms with van der Waals surface area (Å²) >= 11 is 0. The minimum atomic E-state index is -0.198. The molecule has 21 heavy (non-hydrogen) atoms. The number of carbonyl (C=O) groups excluding carboxylic acids is 1. The van der Waals surface area contributed by atoms with E-state index in [-0.39, 0.29) is 17.6 Å². The maximum absolute atomic E-state index is 13.4. The molecule has 1 atom stereocenters. The molecule has 4 heteroatoms. The molecule has 1 amide bonds. The fourth-order valence-corrected chi connectivity index (χ4v) is 2.33. The van der Waals surface area contributed by atoms with Crippen LogP contribution in [-0.2, 0) is 4.79 Å². The van der Waals surface area contributed by atoms with Crippen molar-refractivity contribution in [1.29, 1.82) is 0 Å². The van der Waals surface area contributed by atoms with Gasteiger partial charge in [0.1, 0.15) is 5.82 Å². The molecule has 0 aliphatic carbocycles. The summed E-state index contributed by atoms with van der Waals surface area (Å²) in [5.41, 5.74) is 1.66. The minimum Gasteiger partial charge on any atom is -0.355 e. The first-order valence-corrected chi connectivity index (χ1v) is 7.48. The lowest BCUT2D eigenvalue weighted by molar-refractivity contribution is -0.121. The van der Waals surface area contributed by atoms with Crippen LogP contribution in [0.25, 0.3) is 0 Å². The van der Waals surface area contributed by atoms with Crippen LogP contribution in [0, 0.1) is 18.7 Å². The van der Waals surface area contributed by atoms with E-state index in [0.29, 0.717) is 24.4 Å². The Bertz CT molecular complexity index is 472. The lowest BCUT2D eigenvalue weighted by Gasteiger charge is -2.22. The lowest BCUT2D eigenvalue weighted by Crippen LogP contribution is -2.32. The summed E-state index contributed by atoms with van der Waals surface area (Å²) in [6.07, 6.45) is 0.441. The molecular formula is C17H27FN2O. The van der Waals surface area contributed by atoms with E-state index in [1.807, 2.05) is 25.1 Å². The Morgan fingerprint density at radius 3 is 2.52 bits per heavy atom. The summed E-state index contributed by atoms with van der Waals surface area (Å²) in [4.78, 5) is 14.1. The van der Waals surface area contributed by atoms with Crippen molar-refractivity contribution in [3.8, 4) is 0 Å². The summed E-state index contributed by atoms with van der Waals surface area (Å²) in [7, 11) is 3.95. The molecule has 0 fully saturated rings. The topological polar surface area (TPSA) is 32.3 Å². The number of halogens is 1. The van der Waals surface area contributed by atoms with Gasteiger partial charge in [-0.2, -0.15) is 0 Å². The third-order valence-electron chi connectivity index (χ3n) is 3.70. The average molecular weight is 294 g/mol. The number of nitrogens with one attached hydrogen (secondary N) is 1. The maximum Gasteiger partial charge on any atom is 0.220 e. The molecule has 3 nitrogen and oxygen atoms in total. The van der Waals surface area contributed by atoms with Crippen molar-refractivity contribution in [3.05, 3.63) is 35.1 Å². The number of hydrogen-bond acceptors (Lipinski definition) is 2. The van der Waals surface area contributed by atoms with Gasteiger partial charge in [-0.1, -0.05) is 26.0 Å². The van der Waals surface area contributed by atoms with Gasteiger partial charge in [-0.05, 0) is 50.0 Å². The number of carbonyl (C=O) groups is 1. The Labute approximate surface area is 127 Å². The highest BCUT2D eigenvalue weighted by atomic mass is 19.1. The van der Waals surface area contributed by atoms with Crippen molar-refractivity contribution in [1.82, 2.24) is 10.2 Å². The van der Waals surface area contributed by atoms with Gasteiger partial charge in [0.15, 0.2) is 0 Å². The molecule has 0 aliphatic rings. The van der Waals surface area contributed by atoms with Gasteiger partial charge < -0.3 is 10.2 Å². The van der Waals surface area contributed by atoms with Crippen molar-refractivity contribution in [2.75, 3.05) is 27.2 Å². The molecule has 0 heterocycles. The molecule has 0 aliphatic heterocycles. The van der Waals surface area contributed by atoms with E-state index in [9.17, 15) is 9.18 Å². The van der Waals surface area contributed by atoms with E-state index in [4.69, 9.17) is 0 Å². The Kier molecular flexibility index (Phi) is 6.82. The highest BCUT2D eigenvalue weighted by molar-refractivity contribution is 5.76. The Hall–Kier alpha value is -1.42. The van der Waals surface area contributed by atoms with Crippen LogP contribution < -0.4 is 5.32 Å². The quantitative estimate of drug-likeness (QED) is 0.838. The smallest absolute Gasteiger partial charge is 0.220 e. The van der Waals surface area contributed by atoms with Gasteiger partial charge in [-0.25, -0.2) is 4.39 Å². The van der Waals surface area contributed by atoms with E-state index in [2.05, 4.69) is 19.2 Å². The van der Waals surface area contributed by atoms with E-state index in [1.165, 1.54) is 6.07 Å². The molecule has 0 spiro atoms. The molecule has 1 aromatic rings. The Morgan fingerprint density at radius 1 is 1.33 bits per heavy atom. The molecule has 1 unspecified atom stereocenters. The predicted octanol–water partition coefficient (Wildman–Crippen LogP) is 2.94. The maximum atomic E-state index is 13.4. The number of rotatable bonds is 7. The molecule has 1 aromatic carbocycles. The van der Waals surface area contributed by atoms with Gasteiger partial charge in [0, 0.05) is 19.5 Å². The zero-order chi connectivity index (χ0) is 16.0. The third kappa shape index (κ3) is 5.84. The van der Waals surface area contributed by atoms with E-state index >= 15 is 0 Å². The second-order valence-electron chi connectivity index (χ2n) is 6.22. The van der Waals surface area contributed by atoms with Crippen LogP contribution in [0.5, 0.6) is 0 Å². The molecule has 1 N–H and O–H groups in total. The second-order valence-corrected chi connectivity index (χ2v) is 6.22. The summed E-state index contributed by atoms with van der Waals surface area (Å²) in [6.45, 7) is 7.42. The number of aryl methyl sites for hydroxylation is 1. The SMILES string of the molecule is Cc1cc(C(CC(=O)NCCN(C)C)C(C)C)ccc1F. The first-order valence-electron chi connectivity index (χ1n) is 7.48. The van der Waals surface area contributed by atoms with Crippen LogP contribution in [-0.4, -0.2) is 38.0 Å². The molecule has 0 saturated carbocycles. The second kappa shape index (κ2) is 8.13. The van der Waals surface area contributed by atoms with Gasteiger partial charge in [0.05, 0.1) is 0 Å². The fraction of sp³-hybridized carbons (Fsp3) is 0.588. The van der Waals surface area contributed by atoms with Crippen LogP contribution in [0.3, 0.4) is 0 Å². The number of likely N-dealkylation sites (N-methyl/N-ethyl adjacent to an activating group) is 1. The summed E-state index contributed by atoms with van der Waals surface area (Å²) in [6, 6.07) is 5.14. The zero-order valence-corrected chi connectivity index (χ0v) is 13.7. The number of nitrogens with zero attached hydrogens (tertiary/aromatic N) is 1. The van der Waals surface area contributed by atoms with Crippen molar-refractivity contribution in [2.45, 2.75) is 33.1 Å².